The molecule has 2 bridgehead atoms. The van der Waals surface area contributed by atoms with E-state index in [0.29, 0.717) is 11.1 Å². The Kier molecular flexibility index (Phi) is 9.35. The van der Waals surface area contributed by atoms with Crippen molar-refractivity contribution in [1.29, 1.82) is 0 Å². The molecule has 6 rings (SSSR count). The fourth-order valence-corrected chi connectivity index (χ4v) is 9.18. The van der Waals surface area contributed by atoms with Crippen LogP contribution in [0.2, 0.25) is 0 Å². The monoisotopic (exact) mass is 690 g/mol. The van der Waals surface area contributed by atoms with Gasteiger partial charge in [0.1, 0.15) is 29.7 Å². The lowest BCUT2D eigenvalue weighted by Gasteiger charge is -2.65. The summed E-state index contributed by atoms with van der Waals surface area (Å²) in [5.41, 5.74) is -2.96. The summed E-state index contributed by atoms with van der Waals surface area (Å²) in [5, 5.41) is 36.0. The predicted molar refractivity (Wildman–Crippen MR) is 178 cm³/mol. The number of ketones is 1. The molecule has 4 aliphatic rings. The van der Waals surface area contributed by atoms with E-state index in [1.807, 2.05) is 6.07 Å². The number of ether oxygens (including phenoxy) is 4. The number of aliphatic hydroxyl groups excluding tert-OH is 2. The number of hydrogen-bond donors (Lipinski definition) is 3. The standard InChI is InChI=1S/C39H46O11/c1-20(24-13-9-7-10-14-24)33(43)36(45)48-27-18-39(46)34(49-35(44)25-15-11-8-12-16-25)31-29(32(42)22(3)30(21(27)2)37(39,5)6)26(41)17-28-38(31,19-47-28)50-23(4)40/h7-16,20,22,26-29,31,33-34,41,43,46H,17-19H2,1-6H3/t20-,22+,26-,27-,28+,29?,31+,33+,34-,38-,39+/m0/s1. The van der Waals surface area contributed by atoms with E-state index in [1.54, 1.807) is 89.2 Å². The molecular formula is C39H46O11. The Morgan fingerprint density at radius 2 is 1.62 bits per heavy atom. The number of Topliss-reactive ketones (excluding diaryl/α,β-unsaturated/α-hetero) is 1. The number of carbonyl (C=O) groups excluding carboxylic acids is 4. The van der Waals surface area contributed by atoms with Gasteiger partial charge in [-0.2, -0.15) is 0 Å². The van der Waals surface area contributed by atoms with Gasteiger partial charge in [0.15, 0.2) is 11.7 Å². The molecule has 0 radical (unpaired) electrons. The van der Waals surface area contributed by atoms with Crippen LogP contribution in [-0.2, 0) is 33.3 Å². The first-order chi connectivity index (χ1) is 23.5. The van der Waals surface area contributed by atoms with Crippen LogP contribution in [0.25, 0.3) is 0 Å². The fraction of sp³-hybridized carbons (Fsp3) is 0.538. The van der Waals surface area contributed by atoms with Crippen LogP contribution in [0.15, 0.2) is 71.8 Å². The van der Waals surface area contributed by atoms with Gasteiger partial charge in [-0.1, -0.05) is 76.2 Å². The average molecular weight is 691 g/mol. The average Bonchev–Trinajstić information content (AvgIpc) is 3.08. The van der Waals surface area contributed by atoms with Crippen molar-refractivity contribution in [3.05, 3.63) is 82.9 Å². The maximum Gasteiger partial charge on any atom is 0.338 e. The number of rotatable bonds is 7. The van der Waals surface area contributed by atoms with Crippen molar-refractivity contribution in [3.63, 3.8) is 0 Å². The van der Waals surface area contributed by atoms with Crippen molar-refractivity contribution < 1.29 is 53.4 Å². The lowest BCUT2D eigenvalue weighted by atomic mass is 9.47. The summed E-state index contributed by atoms with van der Waals surface area (Å²) in [5.74, 6) is -6.74. The largest absolute Gasteiger partial charge is 0.456 e. The van der Waals surface area contributed by atoms with Crippen molar-refractivity contribution in [2.75, 3.05) is 6.61 Å². The minimum Gasteiger partial charge on any atom is -0.456 e. The second kappa shape index (κ2) is 13.0. The Morgan fingerprint density at radius 1 is 1.00 bits per heavy atom. The highest BCUT2D eigenvalue weighted by molar-refractivity contribution is 5.90. The molecule has 3 aliphatic carbocycles. The second-order valence-corrected chi connectivity index (χ2v) is 14.9. The van der Waals surface area contributed by atoms with Crippen LogP contribution in [-0.4, -0.2) is 87.3 Å². The van der Waals surface area contributed by atoms with Gasteiger partial charge < -0.3 is 34.3 Å². The first-order valence-electron chi connectivity index (χ1n) is 17.2. The number of hydrogen-bond acceptors (Lipinski definition) is 11. The van der Waals surface area contributed by atoms with Crippen LogP contribution in [0.3, 0.4) is 0 Å². The molecule has 1 saturated heterocycles. The molecule has 11 nitrogen and oxygen atoms in total. The van der Waals surface area contributed by atoms with Gasteiger partial charge in [-0.05, 0) is 35.8 Å². The molecule has 1 aliphatic heterocycles. The van der Waals surface area contributed by atoms with E-state index >= 15 is 0 Å². The van der Waals surface area contributed by atoms with Crippen LogP contribution in [0.1, 0.15) is 76.2 Å². The van der Waals surface area contributed by atoms with E-state index in [4.69, 9.17) is 18.9 Å². The van der Waals surface area contributed by atoms with Gasteiger partial charge in [0, 0.05) is 37.0 Å². The maximum atomic E-state index is 14.7. The molecule has 0 spiro atoms. The van der Waals surface area contributed by atoms with Crippen molar-refractivity contribution in [1.82, 2.24) is 0 Å². The summed E-state index contributed by atoms with van der Waals surface area (Å²) >= 11 is 0. The number of aliphatic hydroxyl groups is 3. The van der Waals surface area contributed by atoms with Crippen LogP contribution in [0, 0.1) is 23.2 Å². The van der Waals surface area contributed by atoms with Gasteiger partial charge in [-0.3, -0.25) is 9.59 Å². The minimum atomic E-state index is -2.06. The third-order valence-electron chi connectivity index (χ3n) is 11.9. The lowest BCUT2D eigenvalue weighted by molar-refractivity contribution is -0.331. The lowest BCUT2D eigenvalue weighted by Crippen LogP contribution is -2.78. The summed E-state index contributed by atoms with van der Waals surface area (Å²) in [7, 11) is 0. The number of carbonyl (C=O) groups is 4. The molecule has 50 heavy (non-hydrogen) atoms. The van der Waals surface area contributed by atoms with Gasteiger partial charge in [0.25, 0.3) is 0 Å². The van der Waals surface area contributed by atoms with Crippen molar-refractivity contribution in [3.8, 4) is 0 Å². The van der Waals surface area contributed by atoms with Crippen LogP contribution in [0.4, 0.5) is 0 Å². The van der Waals surface area contributed by atoms with Gasteiger partial charge in [-0.25, -0.2) is 9.59 Å². The zero-order chi connectivity index (χ0) is 36.3. The summed E-state index contributed by atoms with van der Waals surface area (Å²) in [6.45, 7) is 9.68. The zero-order valence-corrected chi connectivity index (χ0v) is 29.2. The highest BCUT2D eigenvalue weighted by atomic mass is 16.6. The van der Waals surface area contributed by atoms with Crippen molar-refractivity contribution in [2.45, 2.75) is 102 Å². The second-order valence-electron chi connectivity index (χ2n) is 14.9. The van der Waals surface area contributed by atoms with Crippen molar-refractivity contribution in [2.24, 2.45) is 23.2 Å². The smallest absolute Gasteiger partial charge is 0.338 e. The van der Waals surface area contributed by atoms with E-state index in [-0.39, 0.29) is 25.0 Å². The van der Waals surface area contributed by atoms with Gasteiger partial charge in [-0.15, -0.1) is 0 Å². The van der Waals surface area contributed by atoms with Crippen molar-refractivity contribution >= 4 is 23.7 Å². The van der Waals surface area contributed by atoms with Gasteiger partial charge >= 0.3 is 17.9 Å². The number of benzene rings is 2. The molecule has 0 amide bonds. The predicted octanol–water partition coefficient (Wildman–Crippen LogP) is 3.68. The Labute approximate surface area is 291 Å². The van der Waals surface area contributed by atoms with E-state index in [2.05, 4.69) is 0 Å². The normalized spacial score (nSPS) is 35.5. The molecule has 11 atom stereocenters. The zero-order valence-electron chi connectivity index (χ0n) is 29.2. The first-order valence-corrected chi connectivity index (χ1v) is 17.2. The molecule has 0 aromatic heterocycles. The minimum absolute atomic E-state index is 0.0101. The Balaban J connectivity index is 1.50. The van der Waals surface area contributed by atoms with Crippen LogP contribution < -0.4 is 0 Å². The Hall–Kier alpha value is -3.90. The SMILES string of the molecule is CC(=O)O[C@@]12CO[C@@H]1C[C@H](O)C1C(=O)[C@H](C)C3=C(C)[C@@H](OC(=O)[C@H](O)[C@@H](C)c4ccccc4)C[C@@](O)([C@@H](OC(=O)c4ccccc4)[C@@H]12)C3(C)C. The molecule has 1 unspecified atom stereocenters. The molecular weight excluding hydrogens is 644 g/mol. The molecule has 3 N–H and O–H groups in total. The summed E-state index contributed by atoms with van der Waals surface area (Å²) < 4.78 is 24.1. The third kappa shape index (κ3) is 5.59. The summed E-state index contributed by atoms with van der Waals surface area (Å²) in [6.07, 6.45) is -6.65. The molecule has 2 aromatic rings. The Morgan fingerprint density at radius 3 is 2.20 bits per heavy atom. The highest BCUT2D eigenvalue weighted by Crippen LogP contribution is 2.61. The Bertz CT molecular complexity index is 1690. The van der Waals surface area contributed by atoms with Crippen LogP contribution in [0.5, 0.6) is 0 Å². The van der Waals surface area contributed by atoms with E-state index in [1.165, 1.54) is 6.92 Å². The molecule has 2 saturated carbocycles. The molecule has 3 fully saturated rings. The highest BCUT2D eigenvalue weighted by Gasteiger charge is 2.74. The first kappa shape index (κ1) is 35.9. The molecule has 11 heteroatoms. The third-order valence-corrected chi connectivity index (χ3v) is 11.9. The fourth-order valence-electron chi connectivity index (χ4n) is 9.18. The topological polar surface area (TPSA) is 166 Å². The molecule has 268 valence electrons. The number of fused-ring (bicyclic) bond motifs is 5. The van der Waals surface area contributed by atoms with Crippen LogP contribution >= 0.6 is 0 Å². The van der Waals surface area contributed by atoms with E-state index in [9.17, 15) is 34.5 Å². The molecule has 1 heterocycles. The van der Waals surface area contributed by atoms with E-state index < -0.39 is 94.5 Å². The summed E-state index contributed by atoms with van der Waals surface area (Å²) in [6, 6.07) is 17.2. The van der Waals surface area contributed by atoms with E-state index in [0.717, 1.165) is 5.56 Å². The number of esters is 3. The maximum absolute atomic E-state index is 14.7. The van der Waals surface area contributed by atoms with Gasteiger partial charge in [0.2, 0.25) is 0 Å². The quantitative estimate of drug-likeness (QED) is 0.220. The van der Waals surface area contributed by atoms with Gasteiger partial charge in [0.05, 0.1) is 30.1 Å². The summed E-state index contributed by atoms with van der Waals surface area (Å²) in [4.78, 5) is 54.9. The molecule has 2 aromatic carbocycles.